The van der Waals surface area contributed by atoms with Gasteiger partial charge in [0.25, 0.3) is 0 Å². The summed E-state index contributed by atoms with van der Waals surface area (Å²) >= 11 is 15.7. The molecule has 0 saturated carbocycles. The van der Waals surface area contributed by atoms with Crippen LogP contribution in [0.3, 0.4) is 0 Å². The first-order valence-electron chi connectivity index (χ1n) is 5.85. The number of benzene rings is 1. The monoisotopic (exact) mass is 361 g/mol. The Kier molecular flexibility index (Phi) is 4.56. The summed E-state index contributed by atoms with van der Waals surface area (Å²) in [7, 11) is 0. The van der Waals surface area contributed by atoms with Gasteiger partial charge in [0.2, 0.25) is 0 Å². The lowest BCUT2D eigenvalue weighted by Gasteiger charge is -2.19. The molecule has 6 heteroatoms. The predicted octanol–water partition coefficient (Wildman–Crippen LogP) is 4.58. The van der Waals surface area contributed by atoms with E-state index in [-0.39, 0.29) is 12.1 Å². The maximum absolute atomic E-state index is 6.34. The Balaban J connectivity index is 2.52. The van der Waals surface area contributed by atoms with Crippen LogP contribution in [0.2, 0.25) is 10.0 Å². The van der Waals surface area contributed by atoms with Crippen molar-refractivity contribution >= 4 is 39.1 Å². The zero-order chi connectivity index (χ0) is 14.2. The van der Waals surface area contributed by atoms with Gasteiger partial charge in [0.15, 0.2) is 0 Å². The summed E-state index contributed by atoms with van der Waals surface area (Å²) in [6.07, 6.45) is 1.74. The SMILES string of the molecule is CC(C)n1ncc(Br)c1C(N)c1cc(Cl)ccc1Cl. The third kappa shape index (κ3) is 2.97. The quantitative estimate of drug-likeness (QED) is 0.868. The van der Waals surface area contributed by atoms with E-state index in [1.165, 1.54) is 0 Å². The fraction of sp³-hybridized carbons (Fsp3) is 0.308. The van der Waals surface area contributed by atoms with Crippen LogP contribution in [-0.4, -0.2) is 9.78 Å². The van der Waals surface area contributed by atoms with Crippen molar-refractivity contribution in [1.82, 2.24) is 9.78 Å². The number of nitrogens with zero attached hydrogens (tertiary/aromatic N) is 2. The zero-order valence-corrected chi connectivity index (χ0v) is 13.7. The molecule has 0 fully saturated rings. The van der Waals surface area contributed by atoms with Crippen molar-refractivity contribution in [1.29, 1.82) is 0 Å². The lowest BCUT2D eigenvalue weighted by atomic mass is 10.0. The van der Waals surface area contributed by atoms with Crippen molar-refractivity contribution in [2.75, 3.05) is 0 Å². The summed E-state index contributed by atoms with van der Waals surface area (Å²) in [4.78, 5) is 0. The Morgan fingerprint density at radius 1 is 1.32 bits per heavy atom. The summed E-state index contributed by atoms with van der Waals surface area (Å²) in [5.74, 6) is 0. The van der Waals surface area contributed by atoms with Gasteiger partial charge in [-0.3, -0.25) is 4.68 Å². The molecule has 2 rings (SSSR count). The molecular formula is C13H14BrCl2N3. The number of hydrogen-bond donors (Lipinski definition) is 1. The molecule has 0 bridgehead atoms. The van der Waals surface area contributed by atoms with E-state index in [4.69, 9.17) is 28.9 Å². The van der Waals surface area contributed by atoms with E-state index in [1.54, 1.807) is 24.4 Å². The maximum atomic E-state index is 6.34. The summed E-state index contributed by atoms with van der Waals surface area (Å²) in [5, 5.41) is 5.54. The highest BCUT2D eigenvalue weighted by molar-refractivity contribution is 9.10. The van der Waals surface area contributed by atoms with Crippen molar-refractivity contribution in [2.45, 2.75) is 25.9 Å². The van der Waals surface area contributed by atoms with Crippen molar-refractivity contribution in [3.05, 3.63) is 50.2 Å². The second-order valence-corrected chi connectivity index (χ2v) is 6.26. The Labute approximate surface area is 130 Å². The molecule has 0 spiro atoms. The molecule has 0 saturated heterocycles. The Hall–Kier alpha value is -0.550. The molecule has 1 aromatic heterocycles. The van der Waals surface area contributed by atoms with Crippen molar-refractivity contribution < 1.29 is 0 Å². The van der Waals surface area contributed by atoms with E-state index in [9.17, 15) is 0 Å². The van der Waals surface area contributed by atoms with E-state index in [0.717, 1.165) is 15.7 Å². The van der Waals surface area contributed by atoms with Crippen LogP contribution in [0, 0.1) is 0 Å². The number of halogens is 3. The van der Waals surface area contributed by atoms with Crippen LogP contribution in [0.5, 0.6) is 0 Å². The third-order valence-electron chi connectivity index (χ3n) is 2.86. The molecule has 1 heterocycles. The third-order valence-corrected chi connectivity index (χ3v) is 4.05. The standard InChI is InChI=1S/C13H14BrCl2N3/c1-7(2)19-13(10(14)6-18-19)12(17)9-5-8(15)3-4-11(9)16/h3-7,12H,17H2,1-2H3. The first kappa shape index (κ1) is 14.9. The highest BCUT2D eigenvalue weighted by Gasteiger charge is 2.21. The fourth-order valence-corrected chi connectivity index (χ4v) is 2.89. The summed E-state index contributed by atoms with van der Waals surface area (Å²) in [6.45, 7) is 4.10. The minimum Gasteiger partial charge on any atom is -0.319 e. The molecule has 1 unspecified atom stereocenters. The number of nitrogens with two attached hydrogens (primary N) is 1. The van der Waals surface area contributed by atoms with Gasteiger partial charge in [0.1, 0.15) is 0 Å². The van der Waals surface area contributed by atoms with Crippen LogP contribution in [-0.2, 0) is 0 Å². The van der Waals surface area contributed by atoms with Gasteiger partial charge >= 0.3 is 0 Å². The molecule has 1 atom stereocenters. The van der Waals surface area contributed by atoms with E-state index >= 15 is 0 Å². The normalized spacial score (nSPS) is 13.0. The molecule has 102 valence electrons. The molecule has 1 aromatic carbocycles. The highest BCUT2D eigenvalue weighted by atomic mass is 79.9. The molecule has 0 amide bonds. The van der Waals surface area contributed by atoms with Crippen LogP contribution in [0.1, 0.15) is 37.2 Å². The van der Waals surface area contributed by atoms with Gasteiger partial charge < -0.3 is 5.73 Å². The molecule has 0 aliphatic rings. The Morgan fingerprint density at radius 2 is 2.00 bits per heavy atom. The zero-order valence-electron chi connectivity index (χ0n) is 10.6. The minimum atomic E-state index is -0.384. The van der Waals surface area contributed by atoms with Crippen molar-refractivity contribution in [3.8, 4) is 0 Å². The van der Waals surface area contributed by atoms with Gasteiger partial charge in [-0.2, -0.15) is 5.10 Å². The van der Waals surface area contributed by atoms with E-state index in [2.05, 4.69) is 34.9 Å². The van der Waals surface area contributed by atoms with Gasteiger partial charge in [-0.25, -0.2) is 0 Å². The smallest absolute Gasteiger partial charge is 0.0749 e. The first-order chi connectivity index (χ1) is 8.91. The van der Waals surface area contributed by atoms with Crippen LogP contribution < -0.4 is 5.73 Å². The number of hydrogen-bond acceptors (Lipinski definition) is 2. The molecular weight excluding hydrogens is 349 g/mol. The number of rotatable bonds is 3. The average Bonchev–Trinajstić information content (AvgIpc) is 2.73. The molecule has 2 N–H and O–H groups in total. The van der Waals surface area contributed by atoms with Crippen molar-refractivity contribution in [2.24, 2.45) is 5.73 Å². The molecule has 0 aliphatic carbocycles. The predicted molar refractivity (Wildman–Crippen MR) is 82.8 cm³/mol. The van der Waals surface area contributed by atoms with Gasteiger partial charge in [-0.15, -0.1) is 0 Å². The first-order valence-corrected chi connectivity index (χ1v) is 7.40. The van der Waals surface area contributed by atoms with Crippen LogP contribution in [0.15, 0.2) is 28.9 Å². The number of aromatic nitrogens is 2. The Bertz CT molecular complexity index is 596. The fourth-order valence-electron chi connectivity index (χ4n) is 1.95. The largest absolute Gasteiger partial charge is 0.319 e. The minimum absolute atomic E-state index is 0.213. The van der Waals surface area contributed by atoms with E-state index < -0.39 is 0 Å². The topological polar surface area (TPSA) is 43.8 Å². The second-order valence-electron chi connectivity index (χ2n) is 4.56. The molecule has 2 aromatic rings. The summed E-state index contributed by atoms with van der Waals surface area (Å²) < 4.78 is 2.75. The maximum Gasteiger partial charge on any atom is 0.0749 e. The molecule has 0 radical (unpaired) electrons. The lowest BCUT2D eigenvalue weighted by molar-refractivity contribution is 0.498. The van der Waals surface area contributed by atoms with Gasteiger partial charge in [0, 0.05) is 16.1 Å². The van der Waals surface area contributed by atoms with E-state index in [1.807, 2.05) is 4.68 Å². The molecule has 19 heavy (non-hydrogen) atoms. The van der Waals surface area contributed by atoms with Gasteiger partial charge in [-0.05, 0) is 53.5 Å². The lowest BCUT2D eigenvalue weighted by Crippen LogP contribution is -2.19. The summed E-state index contributed by atoms with van der Waals surface area (Å²) in [5.41, 5.74) is 8.01. The van der Waals surface area contributed by atoms with Crippen molar-refractivity contribution in [3.63, 3.8) is 0 Å². The highest BCUT2D eigenvalue weighted by Crippen LogP contribution is 2.33. The molecule has 3 nitrogen and oxygen atoms in total. The molecule has 0 aliphatic heterocycles. The summed E-state index contributed by atoms with van der Waals surface area (Å²) in [6, 6.07) is 5.12. The second kappa shape index (κ2) is 5.83. The van der Waals surface area contributed by atoms with Gasteiger partial charge in [-0.1, -0.05) is 23.2 Å². The van der Waals surface area contributed by atoms with E-state index in [0.29, 0.717) is 10.0 Å². The van der Waals surface area contributed by atoms with Gasteiger partial charge in [0.05, 0.1) is 22.4 Å². The Morgan fingerprint density at radius 3 is 2.63 bits per heavy atom. The van der Waals surface area contributed by atoms with Crippen LogP contribution in [0.4, 0.5) is 0 Å². The van der Waals surface area contributed by atoms with Crippen LogP contribution in [0.25, 0.3) is 0 Å². The average molecular weight is 363 g/mol. The van der Waals surface area contributed by atoms with Crippen LogP contribution >= 0.6 is 39.1 Å².